The van der Waals surface area contributed by atoms with E-state index in [2.05, 4.69) is 65.8 Å². The number of para-hydroxylation sites is 1. The summed E-state index contributed by atoms with van der Waals surface area (Å²) in [7, 11) is 1.72. The Kier molecular flexibility index (Phi) is 5.74. The lowest BCUT2D eigenvalue weighted by atomic mass is 10.0. The summed E-state index contributed by atoms with van der Waals surface area (Å²) in [5, 5.41) is 0. The lowest BCUT2D eigenvalue weighted by Gasteiger charge is -2.32. The van der Waals surface area contributed by atoms with Gasteiger partial charge in [0.05, 0.1) is 6.73 Å². The molecule has 1 atom stereocenters. The molecule has 0 radical (unpaired) electrons. The molecule has 4 nitrogen and oxygen atoms in total. The van der Waals surface area contributed by atoms with E-state index in [0.717, 1.165) is 18.8 Å². The molecule has 1 unspecified atom stereocenters. The summed E-state index contributed by atoms with van der Waals surface area (Å²) >= 11 is 0. The van der Waals surface area contributed by atoms with Crippen LogP contribution in [0.25, 0.3) is 0 Å². The van der Waals surface area contributed by atoms with Gasteiger partial charge in [0.25, 0.3) is 0 Å². The average Bonchev–Trinajstić information content (AvgIpc) is 2.67. The molecule has 0 saturated heterocycles. The molecule has 0 aromatic heterocycles. The normalized spacial score (nSPS) is 14.8. The molecule has 0 saturated carbocycles. The van der Waals surface area contributed by atoms with Gasteiger partial charge in [-0.05, 0) is 36.8 Å². The fourth-order valence-electron chi connectivity index (χ4n) is 3.19. The Morgan fingerprint density at radius 2 is 2.08 bits per heavy atom. The highest BCUT2D eigenvalue weighted by molar-refractivity contribution is 5.50. The van der Waals surface area contributed by atoms with Gasteiger partial charge in [0.15, 0.2) is 6.73 Å². The number of benzene rings is 2. The maximum Gasteiger partial charge on any atom is 0.161 e. The predicted molar refractivity (Wildman–Crippen MR) is 102 cm³/mol. The second-order valence-corrected chi connectivity index (χ2v) is 6.33. The van der Waals surface area contributed by atoms with Crippen LogP contribution in [-0.2, 0) is 11.3 Å². The Hall–Kier alpha value is -2.30. The third kappa shape index (κ3) is 4.03. The molecular weight excluding hydrogens is 312 g/mol. The Bertz CT molecular complexity index is 702. The minimum absolute atomic E-state index is 0.246. The highest BCUT2D eigenvalue weighted by Crippen LogP contribution is 2.31. The van der Waals surface area contributed by atoms with Crippen LogP contribution in [-0.4, -0.2) is 32.0 Å². The van der Waals surface area contributed by atoms with E-state index in [1.54, 1.807) is 7.11 Å². The summed E-state index contributed by atoms with van der Waals surface area (Å²) in [4.78, 5) is 4.49. The van der Waals surface area contributed by atoms with Crippen LogP contribution in [0.15, 0.2) is 61.2 Å². The molecule has 0 fully saturated rings. The quantitative estimate of drug-likeness (QED) is 0.558. The van der Waals surface area contributed by atoms with Crippen LogP contribution in [0.1, 0.15) is 24.1 Å². The first-order chi connectivity index (χ1) is 12.2. The van der Waals surface area contributed by atoms with Gasteiger partial charge >= 0.3 is 0 Å². The number of hydrogen-bond acceptors (Lipinski definition) is 4. The van der Waals surface area contributed by atoms with Gasteiger partial charge in [0.2, 0.25) is 0 Å². The van der Waals surface area contributed by atoms with Crippen molar-refractivity contribution in [3.63, 3.8) is 0 Å². The molecule has 2 aromatic rings. The van der Waals surface area contributed by atoms with E-state index < -0.39 is 0 Å². The number of rotatable bonds is 7. The Labute approximate surface area is 150 Å². The lowest BCUT2D eigenvalue weighted by molar-refractivity contribution is 0.0462. The van der Waals surface area contributed by atoms with Crippen molar-refractivity contribution in [2.75, 3.05) is 32.0 Å². The molecule has 0 spiro atoms. The Morgan fingerprint density at radius 3 is 2.80 bits per heavy atom. The lowest BCUT2D eigenvalue weighted by Crippen LogP contribution is -2.32. The maximum atomic E-state index is 5.95. The third-order valence-corrected chi connectivity index (χ3v) is 4.63. The summed E-state index contributed by atoms with van der Waals surface area (Å²) < 4.78 is 11.3. The minimum atomic E-state index is 0.246. The molecular formula is C21H26N2O2. The van der Waals surface area contributed by atoms with Crippen molar-refractivity contribution in [1.29, 1.82) is 0 Å². The molecule has 0 amide bonds. The van der Waals surface area contributed by atoms with Crippen molar-refractivity contribution in [1.82, 2.24) is 4.90 Å². The second kappa shape index (κ2) is 8.19. The highest BCUT2D eigenvalue weighted by Gasteiger charge is 2.21. The Morgan fingerprint density at radius 1 is 1.28 bits per heavy atom. The summed E-state index contributed by atoms with van der Waals surface area (Å²) in [5.74, 6) is 0.977. The number of nitrogens with zero attached hydrogens (tertiary/aromatic N) is 2. The zero-order valence-corrected chi connectivity index (χ0v) is 15.0. The smallest absolute Gasteiger partial charge is 0.161 e. The van der Waals surface area contributed by atoms with Crippen molar-refractivity contribution >= 4 is 5.69 Å². The van der Waals surface area contributed by atoms with Crippen LogP contribution in [0.2, 0.25) is 0 Å². The van der Waals surface area contributed by atoms with E-state index in [-0.39, 0.29) is 6.04 Å². The topological polar surface area (TPSA) is 24.9 Å². The van der Waals surface area contributed by atoms with Crippen molar-refractivity contribution < 1.29 is 9.47 Å². The second-order valence-electron chi connectivity index (χ2n) is 6.33. The zero-order chi connectivity index (χ0) is 17.6. The van der Waals surface area contributed by atoms with Crippen molar-refractivity contribution in [2.24, 2.45) is 0 Å². The maximum absolute atomic E-state index is 5.95. The number of ether oxygens (including phenoxy) is 2. The summed E-state index contributed by atoms with van der Waals surface area (Å²) in [5.41, 5.74) is 3.66. The van der Waals surface area contributed by atoms with E-state index in [0.29, 0.717) is 13.5 Å². The van der Waals surface area contributed by atoms with E-state index in [1.165, 1.54) is 16.8 Å². The molecule has 0 N–H and O–H groups in total. The fourth-order valence-corrected chi connectivity index (χ4v) is 3.19. The number of hydrogen-bond donors (Lipinski definition) is 0. The van der Waals surface area contributed by atoms with Gasteiger partial charge in [-0.2, -0.15) is 0 Å². The van der Waals surface area contributed by atoms with Gasteiger partial charge in [0, 0.05) is 37.5 Å². The largest absolute Gasteiger partial charge is 0.473 e. The van der Waals surface area contributed by atoms with Crippen LogP contribution >= 0.6 is 0 Å². The van der Waals surface area contributed by atoms with Crippen molar-refractivity contribution in [2.45, 2.75) is 19.5 Å². The van der Waals surface area contributed by atoms with E-state index in [9.17, 15) is 0 Å². The standard InChI is InChI=1S/C21H26N2O2/c1-4-12-22(15-24-3)17(2)18-10-11-21-19(13-18)14-23(16-25-21)20-8-6-5-7-9-20/h4-11,13,17H,1,12,14-16H2,2-3H3. The highest BCUT2D eigenvalue weighted by atomic mass is 16.5. The first kappa shape index (κ1) is 17.5. The van der Waals surface area contributed by atoms with Gasteiger partial charge in [-0.25, -0.2) is 0 Å². The summed E-state index contributed by atoms with van der Waals surface area (Å²) in [6.07, 6.45) is 1.91. The van der Waals surface area contributed by atoms with Crippen LogP contribution < -0.4 is 9.64 Å². The minimum Gasteiger partial charge on any atom is -0.473 e. The van der Waals surface area contributed by atoms with Crippen molar-refractivity contribution in [3.8, 4) is 5.75 Å². The molecule has 3 rings (SSSR count). The number of anilines is 1. The number of fused-ring (bicyclic) bond motifs is 1. The Balaban J connectivity index is 1.80. The van der Waals surface area contributed by atoms with E-state index in [1.807, 2.05) is 12.1 Å². The molecule has 0 bridgehead atoms. The van der Waals surface area contributed by atoms with E-state index >= 15 is 0 Å². The predicted octanol–water partition coefficient (Wildman–Crippen LogP) is 4.20. The zero-order valence-electron chi connectivity index (χ0n) is 15.0. The van der Waals surface area contributed by atoms with Gasteiger partial charge in [-0.1, -0.05) is 30.3 Å². The van der Waals surface area contributed by atoms with E-state index in [4.69, 9.17) is 9.47 Å². The van der Waals surface area contributed by atoms with Gasteiger partial charge in [-0.15, -0.1) is 6.58 Å². The van der Waals surface area contributed by atoms with Crippen LogP contribution in [0.5, 0.6) is 5.75 Å². The first-order valence-corrected chi connectivity index (χ1v) is 8.62. The van der Waals surface area contributed by atoms with Gasteiger partial charge in [-0.3, -0.25) is 4.90 Å². The molecule has 25 heavy (non-hydrogen) atoms. The molecule has 1 aliphatic rings. The summed E-state index contributed by atoms with van der Waals surface area (Å²) in [6.45, 7) is 8.85. The fraction of sp³-hybridized carbons (Fsp3) is 0.333. The van der Waals surface area contributed by atoms with Crippen LogP contribution in [0, 0.1) is 0 Å². The molecule has 1 heterocycles. The monoisotopic (exact) mass is 338 g/mol. The van der Waals surface area contributed by atoms with Gasteiger partial charge < -0.3 is 14.4 Å². The molecule has 2 aromatic carbocycles. The van der Waals surface area contributed by atoms with Crippen LogP contribution in [0.4, 0.5) is 5.69 Å². The molecule has 1 aliphatic heterocycles. The van der Waals surface area contributed by atoms with Crippen molar-refractivity contribution in [3.05, 3.63) is 72.3 Å². The third-order valence-electron chi connectivity index (χ3n) is 4.63. The average molecular weight is 338 g/mol. The SMILES string of the molecule is C=CCN(COC)C(C)c1ccc2c(c1)CN(c1ccccc1)CO2. The molecule has 0 aliphatic carbocycles. The molecule has 132 valence electrons. The van der Waals surface area contributed by atoms with Crippen LogP contribution in [0.3, 0.4) is 0 Å². The first-order valence-electron chi connectivity index (χ1n) is 8.62. The molecule has 4 heteroatoms. The van der Waals surface area contributed by atoms with Gasteiger partial charge in [0.1, 0.15) is 5.75 Å². The number of methoxy groups -OCH3 is 1. The summed E-state index contributed by atoms with van der Waals surface area (Å²) in [6, 6.07) is 17.1.